The molecule has 1 aromatic carbocycles. The van der Waals surface area contributed by atoms with Crippen LogP contribution in [0.4, 0.5) is 0 Å². The summed E-state index contributed by atoms with van der Waals surface area (Å²) < 4.78 is 5.84. The molecule has 0 bridgehead atoms. The summed E-state index contributed by atoms with van der Waals surface area (Å²) in [5.41, 5.74) is -2.06. The normalized spacial score (nSPS) is 41.8. The minimum Gasteiger partial charge on any atom is -0.457 e. The van der Waals surface area contributed by atoms with Crippen LogP contribution in [0.2, 0.25) is 0 Å². The number of nitrogens with one attached hydrogen (secondary N) is 1. The van der Waals surface area contributed by atoms with E-state index < -0.39 is 41.0 Å². The number of Topliss-reactive ketones (excluding diaryl/α,β-unsaturated/α-hetero) is 1. The van der Waals surface area contributed by atoms with E-state index >= 15 is 0 Å². The van der Waals surface area contributed by atoms with E-state index in [9.17, 15) is 24.6 Å². The van der Waals surface area contributed by atoms with Gasteiger partial charge in [0.25, 0.3) is 0 Å². The highest BCUT2D eigenvalue weighted by molar-refractivity contribution is 5.91. The van der Waals surface area contributed by atoms with Gasteiger partial charge in [0.1, 0.15) is 17.1 Å². The lowest BCUT2D eigenvalue weighted by molar-refractivity contribution is -0.177. The summed E-state index contributed by atoms with van der Waals surface area (Å²) in [5.74, 6) is -2.90. The first-order valence-corrected chi connectivity index (χ1v) is 13.2. The van der Waals surface area contributed by atoms with Crippen molar-refractivity contribution in [2.45, 2.75) is 71.3 Å². The Morgan fingerprint density at radius 3 is 2.43 bits per heavy atom. The van der Waals surface area contributed by atoms with E-state index in [1.54, 1.807) is 6.92 Å². The molecule has 0 radical (unpaired) electrons. The Morgan fingerprint density at radius 2 is 1.78 bits per heavy atom. The summed E-state index contributed by atoms with van der Waals surface area (Å²) >= 11 is 0. The van der Waals surface area contributed by atoms with Crippen molar-refractivity contribution >= 4 is 17.7 Å². The molecule has 7 heteroatoms. The Bertz CT molecular complexity index is 1090. The van der Waals surface area contributed by atoms with Crippen LogP contribution in [0, 0.1) is 35.0 Å². The van der Waals surface area contributed by atoms with Crippen LogP contribution in [0.15, 0.2) is 54.6 Å². The second-order valence-corrected chi connectivity index (χ2v) is 11.4. The van der Waals surface area contributed by atoms with Gasteiger partial charge in [-0.25, -0.2) is 0 Å². The van der Waals surface area contributed by atoms with Crippen molar-refractivity contribution in [2.24, 2.45) is 35.0 Å². The van der Waals surface area contributed by atoms with Gasteiger partial charge < -0.3 is 20.3 Å². The highest BCUT2D eigenvalue weighted by Gasteiger charge is 2.69. The largest absolute Gasteiger partial charge is 0.457 e. The standard InChI is InChI=1S/C30H39NO6/c1-17-10-9-13-22-26(33)19(3)18(2)25-23(16-21-11-7-6-8-12-21)31-28(35)30(22,25)24(37-20(4)32)14-15-29(5,36)27(17)34/h6-9,11-15,17-19,22-26,33,36H,10,16H2,1-5H3,(H,31,35)/t17-,18+,19+,22-,23-,24+,25-,26+,29+,30+/m0/s1. The lowest BCUT2D eigenvalue weighted by Crippen LogP contribution is -2.62. The number of carbonyl (C=O) groups is 3. The number of ether oxygens (including phenoxy) is 1. The third-order valence-corrected chi connectivity index (χ3v) is 8.99. The first-order chi connectivity index (χ1) is 17.4. The summed E-state index contributed by atoms with van der Waals surface area (Å²) in [6.45, 7) is 8.47. The number of hydrogen-bond donors (Lipinski definition) is 3. The Balaban J connectivity index is 1.94. The van der Waals surface area contributed by atoms with Gasteiger partial charge in [-0.3, -0.25) is 14.4 Å². The number of allylic oxidation sites excluding steroid dienone is 1. The van der Waals surface area contributed by atoms with Crippen LogP contribution >= 0.6 is 0 Å². The van der Waals surface area contributed by atoms with E-state index in [1.807, 2.05) is 56.3 Å². The van der Waals surface area contributed by atoms with Crippen LogP contribution in [0.3, 0.4) is 0 Å². The minimum atomic E-state index is -1.80. The monoisotopic (exact) mass is 509 g/mol. The number of hydrogen-bond acceptors (Lipinski definition) is 6. The first-order valence-electron chi connectivity index (χ1n) is 13.2. The number of rotatable bonds is 3. The maximum Gasteiger partial charge on any atom is 0.303 e. The van der Waals surface area contributed by atoms with Gasteiger partial charge in [0, 0.05) is 30.7 Å². The molecular formula is C30H39NO6. The zero-order valence-corrected chi connectivity index (χ0v) is 22.3. The van der Waals surface area contributed by atoms with E-state index in [2.05, 4.69) is 5.32 Å². The zero-order valence-electron chi connectivity index (χ0n) is 22.3. The summed E-state index contributed by atoms with van der Waals surface area (Å²) in [6.07, 6.45) is 5.47. The molecule has 37 heavy (non-hydrogen) atoms. The van der Waals surface area contributed by atoms with Crippen LogP contribution < -0.4 is 5.32 Å². The molecule has 0 unspecified atom stereocenters. The first kappa shape index (κ1) is 27.3. The second kappa shape index (κ2) is 10.2. The molecule has 1 spiro atoms. The predicted molar refractivity (Wildman–Crippen MR) is 139 cm³/mol. The van der Waals surface area contributed by atoms with Gasteiger partial charge in [0.05, 0.1) is 6.10 Å². The zero-order chi connectivity index (χ0) is 27.1. The molecule has 0 aromatic heterocycles. The van der Waals surface area contributed by atoms with Crippen LogP contribution in [0.1, 0.15) is 46.6 Å². The molecule has 1 amide bonds. The molecule has 1 saturated carbocycles. The van der Waals surface area contributed by atoms with Crippen molar-refractivity contribution in [3.8, 4) is 0 Å². The predicted octanol–water partition coefficient (Wildman–Crippen LogP) is 3.00. The molecule has 3 N–H and O–H groups in total. The Labute approximate surface area is 219 Å². The van der Waals surface area contributed by atoms with E-state index in [0.29, 0.717) is 12.8 Å². The molecule has 1 aromatic rings. The van der Waals surface area contributed by atoms with Gasteiger partial charge in [-0.05, 0) is 49.3 Å². The fraction of sp³-hybridized carbons (Fsp3) is 0.567. The van der Waals surface area contributed by atoms with Crippen molar-refractivity contribution in [2.75, 3.05) is 0 Å². The van der Waals surface area contributed by atoms with Crippen molar-refractivity contribution in [3.63, 3.8) is 0 Å². The maximum atomic E-state index is 14.2. The lowest BCUT2D eigenvalue weighted by atomic mass is 9.50. The fourth-order valence-corrected chi connectivity index (χ4v) is 6.98. The van der Waals surface area contributed by atoms with E-state index in [4.69, 9.17) is 4.74 Å². The summed E-state index contributed by atoms with van der Waals surface area (Å²) in [7, 11) is 0. The van der Waals surface area contributed by atoms with E-state index in [-0.39, 0.29) is 35.5 Å². The average molecular weight is 510 g/mol. The van der Waals surface area contributed by atoms with Gasteiger partial charge in [-0.1, -0.05) is 63.3 Å². The highest BCUT2D eigenvalue weighted by atomic mass is 16.5. The fourth-order valence-electron chi connectivity index (χ4n) is 6.98. The van der Waals surface area contributed by atoms with Crippen molar-refractivity contribution in [1.29, 1.82) is 0 Å². The van der Waals surface area contributed by atoms with Crippen LogP contribution in [0.25, 0.3) is 0 Å². The number of ketones is 1. The number of carbonyl (C=O) groups excluding carboxylic acids is 3. The summed E-state index contributed by atoms with van der Waals surface area (Å²) in [5, 5.41) is 25.8. The molecule has 10 atom stereocenters. The number of esters is 1. The van der Waals surface area contributed by atoms with Gasteiger partial charge in [-0.2, -0.15) is 0 Å². The third-order valence-electron chi connectivity index (χ3n) is 8.99. The summed E-state index contributed by atoms with van der Waals surface area (Å²) in [6, 6.07) is 9.65. The lowest BCUT2D eigenvalue weighted by Gasteiger charge is -2.54. The molecule has 200 valence electrons. The molecule has 2 aliphatic carbocycles. The average Bonchev–Trinajstić information content (AvgIpc) is 3.13. The van der Waals surface area contributed by atoms with Crippen LogP contribution in [0.5, 0.6) is 0 Å². The van der Waals surface area contributed by atoms with Crippen LogP contribution in [-0.4, -0.2) is 51.7 Å². The number of amides is 1. The molecule has 2 fully saturated rings. The smallest absolute Gasteiger partial charge is 0.303 e. The number of benzene rings is 1. The molecule has 1 heterocycles. The molecular weight excluding hydrogens is 470 g/mol. The topological polar surface area (TPSA) is 113 Å². The Morgan fingerprint density at radius 1 is 1.11 bits per heavy atom. The number of aliphatic hydroxyl groups is 2. The Kier molecular flexibility index (Phi) is 7.50. The molecule has 1 saturated heterocycles. The van der Waals surface area contributed by atoms with E-state index in [1.165, 1.54) is 26.0 Å². The highest BCUT2D eigenvalue weighted by Crippen LogP contribution is 2.59. The molecule has 3 aliphatic rings. The quantitative estimate of drug-likeness (QED) is 0.427. The molecule has 1 aliphatic heterocycles. The third kappa shape index (κ3) is 4.68. The minimum absolute atomic E-state index is 0.0926. The number of aliphatic hydroxyl groups excluding tert-OH is 1. The SMILES string of the molecule is CC(=O)O[C@@H]1C=C[C@@](C)(O)C(=O)[C@@H](C)CC=C[C@H]2[C@H](O)[C@H](C)[C@@H](C)[C@H]3[C@H](Cc4ccccc4)NC(=O)[C@@]312. The van der Waals surface area contributed by atoms with Gasteiger partial charge >= 0.3 is 5.97 Å². The maximum absolute atomic E-state index is 14.2. The van der Waals surface area contributed by atoms with Crippen LogP contribution in [-0.2, 0) is 25.5 Å². The van der Waals surface area contributed by atoms with Crippen molar-refractivity contribution in [1.82, 2.24) is 5.32 Å². The van der Waals surface area contributed by atoms with E-state index in [0.717, 1.165) is 5.56 Å². The van der Waals surface area contributed by atoms with Gasteiger partial charge in [-0.15, -0.1) is 0 Å². The van der Waals surface area contributed by atoms with Crippen molar-refractivity contribution < 1.29 is 29.3 Å². The molecule has 4 rings (SSSR count). The van der Waals surface area contributed by atoms with Crippen molar-refractivity contribution in [3.05, 3.63) is 60.2 Å². The molecule has 7 nitrogen and oxygen atoms in total. The second-order valence-electron chi connectivity index (χ2n) is 11.4. The van der Waals surface area contributed by atoms with Gasteiger partial charge in [0.2, 0.25) is 5.91 Å². The Hall–Kier alpha value is -2.77. The van der Waals surface area contributed by atoms with Gasteiger partial charge in [0.15, 0.2) is 5.78 Å². The summed E-state index contributed by atoms with van der Waals surface area (Å²) in [4.78, 5) is 39.5.